The maximum absolute atomic E-state index is 8.33. The van der Waals surface area contributed by atoms with Crippen molar-refractivity contribution in [2.75, 3.05) is 0 Å². The summed E-state index contributed by atoms with van der Waals surface area (Å²) < 4.78 is 0. The molecule has 6 nitrogen and oxygen atoms in total. The molecule has 6 radical (unpaired) electrons. The van der Waals surface area contributed by atoms with Crippen LogP contribution in [0.2, 0.25) is 0 Å². The van der Waals surface area contributed by atoms with Gasteiger partial charge in [0.2, 0.25) is 0 Å². The van der Waals surface area contributed by atoms with Crippen LogP contribution in [-0.2, 0) is 0 Å². The molecule has 0 rings (SSSR count). The summed E-state index contributed by atoms with van der Waals surface area (Å²) in [7, 11) is 0. The van der Waals surface area contributed by atoms with Crippen molar-refractivity contribution in [3.8, 4) is 0 Å². The zero-order chi connectivity index (χ0) is 7.15. The van der Waals surface area contributed by atoms with Crippen LogP contribution in [0.5, 0.6) is 0 Å². The Kier molecular flexibility index (Phi) is 132. The molecule has 13 heavy (non-hydrogen) atoms. The molecule has 11 heteroatoms. The molecule has 0 aromatic carbocycles. The molecule has 0 atom stereocenters. The predicted molar refractivity (Wildman–Crippen MR) is 28.1 cm³/mol. The van der Waals surface area contributed by atoms with Crippen molar-refractivity contribution in [3.63, 3.8) is 0 Å². The molecule has 0 aromatic rings. The van der Waals surface area contributed by atoms with Crippen LogP contribution in [0.25, 0.3) is 0 Å². The van der Waals surface area contributed by atoms with Gasteiger partial charge in [-0.15, -0.1) is 0 Å². The second kappa shape index (κ2) is 37.1. The molecule has 70 valence electrons. The predicted octanol–water partition coefficient (Wildman–Crippen LogP) is -12.0. The molecule has 0 saturated heterocycles. The third kappa shape index (κ3) is 551. The van der Waals surface area contributed by atoms with Crippen LogP contribution in [-0.4, -0.2) is 94.2 Å². The summed E-state index contributed by atoms with van der Waals surface area (Å²) in [6, 6.07) is 0. The van der Waals surface area contributed by atoms with Gasteiger partial charge in [0, 0.05) is 0 Å². The molecule has 0 aliphatic heterocycles. The third-order valence-electron chi connectivity index (χ3n) is 0. The molecule has 0 bridgehead atoms. The fourth-order valence-corrected chi connectivity index (χ4v) is 0. The summed E-state index contributed by atoms with van der Waals surface area (Å²) in [6.45, 7) is 0. The summed E-state index contributed by atoms with van der Waals surface area (Å²) in [5, 5.41) is 33.3. The maximum atomic E-state index is 8.33. The van der Waals surface area contributed by atoms with Gasteiger partial charge in [0.1, 0.15) is 0 Å². The van der Waals surface area contributed by atoms with Gasteiger partial charge in [0.25, 0.3) is 0 Å². The quantitative estimate of drug-likeness (QED) is 0.224. The summed E-state index contributed by atoms with van der Waals surface area (Å²) in [5.74, 6) is 0. The number of halogens is 2. The summed E-state index contributed by atoms with van der Waals surface area (Å²) >= 11 is 0. The number of rotatable bonds is 0. The van der Waals surface area contributed by atoms with E-state index in [1.54, 1.807) is 0 Å². The minimum atomic E-state index is -2.33. The van der Waals surface area contributed by atoms with Gasteiger partial charge in [0.15, 0.2) is 0 Å². The molecule has 0 fully saturated rings. The SMILES string of the molecule is O=C([O-])[O-].O=C([O-])[O-].[Cl-].[Cl-].[Pb+2].[Pb+2].[Pb+2]. The van der Waals surface area contributed by atoms with Gasteiger partial charge in [-0.2, -0.15) is 0 Å². The topological polar surface area (TPSA) is 126 Å². The van der Waals surface area contributed by atoms with Crippen molar-refractivity contribution < 1.29 is 54.8 Å². The van der Waals surface area contributed by atoms with Gasteiger partial charge in [-0.3, -0.25) is 0 Å². The van der Waals surface area contributed by atoms with Crippen LogP contribution >= 0.6 is 0 Å². The van der Waals surface area contributed by atoms with Gasteiger partial charge >= 0.3 is 81.9 Å². The maximum Gasteiger partial charge on any atom is 2.00 e. The minimum absolute atomic E-state index is 0. The standard InChI is InChI=1S/2CH2O3.2ClH.3Pb/c2*2-1(3)4;;;;;/h2*(H2,2,3,4);2*1H;;;/q;;;;3*+2/p-6. The first-order chi connectivity index (χ1) is 3.46. The van der Waals surface area contributed by atoms with E-state index in [-0.39, 0.29) is 107 Å². The fourth-order valence-electron chi connectivity index (χ4n) is 0. The Balaban J connectivity index is -0.00000000800. The van der Waals surface area contributed by atoms with E-state index in [9.17, 15) is 0 Å². The average molecular weight is 813 g/mol. The van der Waals surface area contributed by atoms with Gasteiger partial charge < -0.3 is 54.8 Å². The van der Waals surface area contributed by atoms with Crippen molar-refractivity contribution in [2.24, 2.45) is 0 Å². The van der Waals surface area contributed by atoms with Crippen molar-refractivity contribution in [1.29, 1.82) is 0 Å². The average Bonchev–Trinajstić information content (AvgIpc) is 1.25. The van der Waals surface area contributed by atoms with Gasteiger partial charge in [0.05, 0.1) is 0 Å². The van der Waals surface area contributed by atoms with E-state index in [1.165, 1.54) is 0 Å². The number of hydrogen-bond acceptors (Lipinski definition) is 6. The Morgan fingerprint density at radius 1 is 0.615 bits per heavy atom. The fraction of sp³-hybridized carbons (Fsp3) is 0. The Labute approximate surface area is 147 Å². The molecule has 0 aromatic heterocycles. The molecule has 0 heterocycles. The molecule has 0 aliphatic rings. The second-order valence-corrected chi connectivity index (χ2v) is 0.500. The van der Waals surface area contributed by atoms with E-state index in [2.05, 4.69) is 0 Å². The molecular formula is C2Cl2O6Pb3. The van der Waals surface area contributed by atoms with Crippen LogP contribution in [0.1, 0.15) is 0 Å². The number of carboxylic acid groups (broad SMARTS) is 4. The Bertz CT molecular complexity index is 81.9. The number of carbonyl (C=O) groups excluding carboxylic acids is 2. The molecule has 0 unspecified atom stereocenters. The largest absolute Gasteiger partial charge is 2.00 e. The van der Waals surface area contributed by atoms with Crippen molar-refractivity contribution in [1.82, 2.24) is 0 Å². The van der Waals surface area contributed by atoms with Gasteiger partial charge in [-0.25, -0.2) is 0 Å². The molecule has 0 saturated carbocycles. The summed E-state index contributed by atoms with van der Waals surface area (Å²) in [5.41, 5.74) is 0. The monoisotopic (exact) mass is 814 g/mol. The normalized spacial score (nSPS) is 3.69. The second-order valence-electron chi connectivity index (χ2n) is 0.500. The molecular weight excluding hydrogens is 813 g/mol. The van der Waals surface area contributed by atoms with E-state index >= 15 is 0 Å². The Hall–Kier alpha value is 1.89. The van der Waals surface area contributed by atoms with Crippen LogP contribution in [0.15, 0.2) is 0 Å². The van der Waals surface area contributed by atoms with Crippen LogP contribution in [0.4, 0.5) is 9.59 Å². The van der Waals surface area contributed by atoms with Crippen molar-refractivity contribution >= 4 is 94.2 Å². The summed E-state index contributed by atoms with van der Waals surface area (Å²) in [4.78, 5) is 16.7. The number of hydrogen-bond donors (Lipinski definition) is 0. The first-order valence-electron chi connectivity index (χ1n) is 1.22. The first-order valence-corrected chi connectivity index (χ1v) is 1.22. The Morgan fingerprint density at radius 3 is 0.615 bits per heavy atom. The molecule has 0 amide bonds. The van der Waals surface area contributed by atoms with Crippen LogP contribution in [0.3, 0.4) is 0 Å². The summed E-state index contributed by atoms with van der Waals surface area (Å²) in [6.07, 6.45) is -4.67. The number of carbonyl (C=O) groups is 2. The van der Waals surface area contributed by atoms with E-state index in [0.29, 0.717) is 0 Å². The van der Waals surface area contributed by atoms with Crippen LogP contribution < -0.4 is 45.2 Å². The van der Waals surface area contributed by atoms with E-state index in [4.69, 9.17) is 30.0 Å². The van der Waals surface area contributed by atoms with E-state index < -0.39 is 12.3 Å². The minimum Gasteiger partial charge on any atom is -1.00 e. The van der Waals surface area contributed by atoms with Crippen molar-refractivity contribution in [2.45, 2.75) is 0 Å². The molecule has 0 spiro atoms. The van der Waals surface area contributed by atoms with Crippen LogP contribution in [0, 0.1) is 0 Å². The Morgan fingerprint density at radius 2 is 0.615 bits per heavy atom. The van der Waals surface area contributed by atoms with Crippen molar-refractivity contribution in [3.05, 3.63) is 0 Å². The zero-order valence-electron chi connectivity index (χ0n) is 5.71. The molecule has 0 N–H and O–H groups in total. The molecule has 0 aliphatic carbocycles. The smallest absolute Gasteiger partial charge is 1.00 e. The van der Waals surface area contributed by atoms with E-state index in [0.717, 1.165) is 0 Å². The van der Waals surface area contributed by atoms with E-state index in [1.807, 2.05) is 0 Å². The first kappa shape index (κ1) is 46.2. The van der Waals surface area contributed by atoms with Gasteiger partial charge in [-0.1, -0.05) is 0 Å². The van der Waals surface area contributed by atoms with Gasteiger partial charge in [-0.05, 0) is 12.3 Å². The third-order valence-corrected chi connectivity index (χ3v) is 0. The zero-order valence-corrected chi connectivity index (χ0v) is 18.9.